The zero-order valence-corrected chi connectivity index (χ0v) is 10.8. The van der Waals surface area contributed by atoms with Gasteiger partial charge in [0.2, 0.25) is 0 Å². The van der Waals surface area contributed by atoms with E-state index in [1.807, 2.05) is 18.2 Å². The smallest absolute Gasteiger partial charge is 0.310 e. The minimum atomic E-state index is -0.472. The third-order valence-corrected chi connectivity index (χ3v) is 2.84. The topological polar surface area (TPSA) is 77.8 Å². The molecule has 0 fully saturated rings. The standard InChI is InChI=1S/C14H17N3O2/c1-10(7-11-5-3-2-4-6-11)15-9-12-8-13(18)17-14(19)16-12/h2-6,8,10,15H,7,9H2,1H3,(H2,16,17,18,19). The fourth-order valence-electron chi connectivity index (χ4n) is 1.94. The van der Waals surface area contributed by atoms with Crippen LogP contribution in [-0.4, -0.2) is 16.0 Å². The number of hydrogen-bond donors (Lipinski definition) is 3. The molecule has 0 aliphatic rings. The van der Waals surface area contributed by atoms with Crippen LogP contribution in [0.3, 0.4) is 0 Å². The lowest BCUT2D eigenvalue weighted by Gasteiger charge is -2.13. The van der Waals surface area contributed by atoms with E-state index in [2.05, 4.69) is 34.3 Å². The van der Waals surface area contributed by atoms with Crippen LogP contribution in [0.1, 0.15) is 18.2 Å². The van der Waals surface area contributed by atoms with Crippen LogP contribution in [0, 0.1) is 0 Å². The van der Waals surface area contributed by atoms with Crippen molar-refractivity contribution in [3.05, 3.63) is 68.5 Å². The Morgan fingerprint density at radius 3 is 2.58 bits per heavy atom. The summed E-state index contributed by atoms with van der Waals surface area (Å²) >= 11 is 0. The first-order valence-electron chi connectivity index (χ1n) is 6.23. The summed E-state index contributed by atoms with van der Waals surface area (Å²) < 4.78 is 0. The van der Waals surface area contributed by atoms with Gasteiger partial charge in [0.15, 0.2) is 0 Å². The SMILES string of the molecule is CC(Cc1ccccc1)NCc1cc(=O)[nH]c(=O)[nH]1. The third-order valence-electron chi connectivity index (χ3n) is 2.84. The molecule has 0 aliphatic carbocycles. The minimum Gasteiger partial charge on any atom is -0.310 e. The van der Waals surface area contributed by atoms with Crippen molar-refractivity contribution < 1.29 is 0 Å². The Morgan fingerprint density at radius 2 is 1.89 bits per heavy atom. The van der Waals surface area contributed by atoms with E-state index in [0.717, 1.165) is 6.42 Å². The number of rotatable bonds is 5. The van der Waals surface area contributed by atoms with Crippen molar-refractivity contribution in [1.82, 2.24) is 15.3 Å². The summed E-state index contributed by atoms with van der Waals surface area (Å²) in [4.78, 5) is 27.0. The largest absolute Gasteiger partial charge is 0.325 e. The fraction of sp³-hybridized carbons (Fsp3) is 0.286. The third kappa shape index (κ3) is 4.22. The Hall–Kier alpha value is -2.14. The molecule has 5 nitrogen and oxygen atoms in total. The summed E-state index contributed by atoms with van der Waals surface area (Å²) in [5.41, 5.74) is 0.992. The highest BCUT2D eigenvalue weighted by Crippen LogP contribution is 2.03. The van der Waals surface area contributed by atoms with Crippen molar-refractivity contribution in [2.45, 2.75) is 25.9 Å². The number of nitrogens with one attached hydrogen (secondary N) is 3. The molecule has 19 heavy (non-hydrogen) atoms. The number of benzene rings is 1. The quantitative estimate of drug-likeness (QED) is 0.742. The number of aromatic nitrogens is 2. The summed E-state index contributed by atoms with van der Waals surface area (Å²) in [6.07, 6.45) is 0.897. The van der Waals surface area contributed by atoms with Gasteiger partial charge in [-0.15, -0.1) is 0 Å². The fourth-order valence-corrected chi connectivity index (χ4v) is 1.94. The van der Waals surface area contributed by atoms with Crippen molar-refractivity contribution in [2.24, 2.45) is 0 Å². The second kappa shape index (κ2) is 6.15. The van der Waals surface area contributed by atoms with E-state index in [0.29, 0.717) is 12.2 Å². The van der Waals surface area contributed by atoms with Crippen molar-refractivity contribution in [3.63, 3.8) is 0 Å². The molecular formula is C14H17N3O2. The van der Waals surface area contributed by atoms with Crippen LogP contribution < -0.4 is 16.6 Å². The summed E-state index contributed by atoms with van der Waals surface area (Å²) in [6.45, 7) is 2.53. The number of aromatic amines is 2. The van der Waals surface area contributed by atoms with Crippen LogP contribution >= 0.6 is 0 Å². The highest BCUT2D eigenvalue weighted by Gasteiger charge is 2.04. The number of hydrogen-bond acceptors (Lipinski definition) is 3. The lowest BCUT2D eigenvalue weighted by Crippen LogP contribution is -2.31. The van der Waals surface area contributed by atoms with Gasteiger partial charge in [0.1, 0.15) is 0 Å². The molecule has 0 spiro atoms. The van der Waals surface area contributed by atoms with Gasteiger partial charge in [-0.25, -0.2) is 4.79 Å². The zero-order chi connectivity index (χ0) is 13.7. The van der Waals surface area contributed by atoms with E-state index in [4.69, 9.17) is 0 Å². The monoisotopic (exact) mass is 259 g/mol. The molecular weight excluding hydrogens is 242 g/mol. The molecule has 100 valence electrons. The van der Waals surface area contributed by atoms with E-state index in [-0.39, 0.29) is 11.6 Å². The van der Waals surface area contributed by atoms with Crippen molar-refractivity contribution in [3.8, 4) is 0 Å². The molecule has 5 heteroatoms. The maximum Gasteiger partial charge on any atom is 0.325 e. The van der Waals surface area contributed by atoms with Gasteiger partial charge in [-0.2, -0.15) is 0 Å². The van der Waals surface area contributed by atoms with E-state index in [9.17, 15) is 9.59 Å². The van der Waals surface area contributed by atoms with Gasteiger partial charge < -0.3 is 10.3 Å². The Balaban J connectivity index is 1.91. The Morgan fingerprint density at radius 1 is 1.16 bits per heavy atom. The molecule has 1 heterocycles. The van der Waals surface area contributed by atoms with Gasteiger partial charge in [0, 0.05) is 24.3 Å². The molecule has 0 amide bonds. The second-order valence-electron chi connectivity index (χ2n) is 4.58. The van der Waals surface area contributed by atoms with Gasteiger partial charge in [0.25, 0.3) is 5.56 Å². The Bertz CT molecular complexity index is 603. The summed E-state index contributed by atoms with van der Waals surface area (Å²) in [5, 5.41) is 3.28. The van der Waals surface area contributed by atoms with Crippen LogP contribution in [0.25, 0.3) is 0 Å². The van der Waals surface area contributed by atoms with Gasteiger partial charge in [-0.3, -0.25) is 9.78 Å². The van der Waals surface area contributed by atoms with E-state index in [1.165, 1.54) is 11.6 Å². The summed E-state index contributed by atoms with van der Waals surface area (Å²) in [6, 6.07) is 11.8. The lowest BCUT2D eigenvalue weighted by atomic mass is 10.1. The highest BCUT2D eigenvalue weighted by molar-refractivity contribution is 5.15. The van der Waals surface area contributed by atoms with E-state index >= 15 is 0 Å². The normalized spacial score (nSPS) is 12.3. The van der Waals surface area contributed by atoms with Gasteiger partial charge in [-0.1, -0.05) is 30.3 Å². The predicted molar refractivity (Wildman–Crippen MR) is 74.1 cm³/mol. The molecule has 0 saturated heterocycles. The van der Waals surface area contributed by atoms with E-state index in [1.54, 1.807) is 0 Å². The molecule has 0 radical (unpaired) electrons. The molecule has 1 unspecified atom stereocenters. The molecule has 1 atom stereocenters. The Kier molecular flexibility index (Phi) is 4.30. The number of H-pyrrole nitrogens is 2. The van der Waals surface area contributed by atoms with E-state index < -0.39 is 5.69 Å². The van der Waals surface area contributed by atoms with Gasteiger partial charge in [0.05, 0.1) is 0 Å². The average Bonchev–Trinajstić information content (AvgIpc) is 2.36. The van der Waals surface area contributed by atoms with Gasteiger partial charge in [-0.05, 0) is 18.9 Å². The van der Waals surface area contributed by atoms with Crippen molar-refractivity contribution >= 4 is 0 Å². The molecule has 1 aromatic heterocycles. The van der Waals surface area contributed by atoms with Crippen LogP contribution in [0.4, 0.5) is 0 Å². The van der Waals surface area contributed by atoms with Crippen LogP contribution in [0.5, 0.6) is 0 Å². The summed E-state index contributed by atoms with van der Waals surface area (Å²) in [7, 11) is 0. The molecule has 0 aliphatic heterocycles. The highest BCUT2D eigenvalue weighted by atomic mass is 16.2. The maximum atomic E-state index is 11.1. The van der Waals surface area contributed by atoms with Crippen LogP contribution in [0.2, 0.25) is 0 Å². The predicted octanol–water partition coefficient (Wildman–Crippen LogP) is 0.784. The minimum absolute atomic E-state index is 0.255. The molecule has 0 saturated carbocycles. The first-order chi connectivity index (χ1) is 9.13. The second-order valence-corrected chi connectivity index (χ2v) is 4.58. The summed E-state index contributed by atoms with van der Waals surface area (Å²) in [5.74, 6) is 0. The molecule has 2 aromatic rings. The Labute approximate surface area is 110 Å². The van der Waals surface area contributed by atoms with Crippen molar-refractivity contribution in [1.29, 1.82) is 0 Å². The average molecular weight is 259 g/mol. The first-order valence-corrected chi connectivity index (χ1v) is 6.23. The molecule has 2 rings (SSSR count). The molecule has 3 N–H and O–H groups in total. The zero-order valence-electron chi connectivity index (χ0n) is 10.8. The first kappa shape index (κ1) is 13.3. The van der Waals surface area contributed by atoms with Gasteiger partial charge >= 0.3 is 5.69 Å². The van der Waals surface area contributed by atoms with Crippen molar-refractivity contribution in [2.75, 3.05) is 0 Å². The lowest BCUT2D eigenvalue weighted by molar-refractivity contribution is 0.538. The maximum absolute atomic E-state index is 11.1. The van der Waals surface area contributed by atoms with Crippen LogP contribution in [0.15, 0.2) is 46.0 Å². The molecule has 0 bridgehead atoms. The van der Waals surface area contributed by atoms with Crippen LogP contribution in [-0.2, 0) is 13.0 Å². The molecule has 1 aromatic carbocycles.